The van der Waals surface area contributed by atoms with Gasteiger partial charge in [-0.25, -0.2) is 5.01 Å². The highest BCUT2D eigenvalue weighted by atomic mass is 35.5. The van der Waals surface area contributed by atoms with E-state index in [9.17, 15) is 9.70 Å². The zero-order valence-electron chi connectivity index (χ0n) is 7.23. The van der Waals surface area contributed by atoms with Crippen molar-refractivity contribution < 1.29 is 14.3 Å². The molecule has 0 unspecified atom stereocenters. The Bertz CT molecular complexity index is 167. The normalized spacial score (nSPS) is 9.38. The Morgan fingerprint density at radius 2 is 2.31 bits per heavy atom. The topological polar surface area (TPSA) is 68.2 Å². The van der Waals surface area contributed by atoms with Crippen molar-refractivity contribution in [2.24, 2.45) is 5.29 Å². The van der Waals surface area contributed by atoms with Crippen molar-refractivity contribution in [2.75, 3.05) is 32.9 Å². The predicted octanol–water partition coefficient (Wildman–Crippen LogP) is 0.356. The molecule has 0 N–H and O–H groups in total. The number of carbonyl (C=O) groups is 1. The number of halogens is 1. The number of methoxy groups -OCH3 is 1. The molecule has 0 aromatic heterocycles. The third-order valence-electron chi connectivity index (χ3n) is 1.15. The number of ether oxygens (including phenoxy) is 2. The molecule has 0 bridgehead atoms. The molecule has 0 spiro atoms. The van der Waals surface area contributed by atoms with Crippen LogP contribution in [0.2, 0.25) is 0 Å². The third-order valence-corrected chi connectivity index (χ3v) is 1.37. The smallest absolute Gasteiger partial charge is 0.322 e. The number of hydrogen-bond donors (Lipinski definition) is 0. The highest BCUT2D eigenvalue weighted by molar-refractivity contribution is 6.26. The molecule has 0 aliphatic rings. The van der Waals surface area contributed by atoms with Crippen LogP contribution < -0.4 is 0 Å². The molecule has 0 aromatic rings. The molecule has 0 saturated heterocycles. The average molecular weight is 211 g/mol. The van der Waals surface area contributed by atoms with Crippen LogP contribution in [0.5, 0.6) is 0 Å². The second-order valence-corrected chi connectivity index (χ2v) is 2.35. The van der Waals surface area contributed by atoms with E-state index >= 15 is 0 Å². The number of carbonyl (C=O) groups excluding carboxylic acids is 1. The number of esters is 1. The predicted molar refractivity (Wildman–Crippen MR) is 46.1 cm³/mol. The zero-order valence-corrected chi connectivity index (χ0v) is 7.99. The second-order valence-electron chi connectivity index (χ2n) is 2.08. The van der Waals surface area contributed by atoms with E-state index < -0.39 is 5.97 Å². The summed E-state index contributed by atoms with van der Waals surface area (Å²) >= 11 is 5.16. The number of alkyl halides is 1. The van der Waals surface area contributed by atoms with Crippen molar-refractivity contribution in [2.45, 2.75) is 0 Å². The largest absolute Gasteiger partial charge is 0.442 e. The van der Waals surface area contributed by atoms with Crippen molar-refractivity contribution in [3.63, 3.8) is 0 Å². The van der Waals surface area contributed by atoms with Gasteiger partial charge in [0.25, 0.3) is 0 Å². The molecule has 0 radical (unpaired) electrons. The van der Waals surface area contributed by atoms with Gasteiger partial charge in [-0.1, -0.05) is 0 Å². The van der Waals surface area contributed by atoms with Gasteiger partial charge in [-0.15, -0.1) is 16.5 Å². The molecule has 0 heterocycles. The number of hydrogen-bond acceptors (Lipinski definition) is 5. The third kappa shape index (κ3) is 6.30. The first-order valence-electron chi connectivity index (χ1n) is 3.53. The van der Waals surface area contributed by atoms with Gasteiger partial charge in [-0.3, -0.25) is 4.79 Å². The van der Waals surface area contributed by atoms with Crippen LogP contribution >= 0.6 is 11.6 Å². The van der Waals surface area contributed by atoms with E-state index in [1.54, 1.807) is 0 Å². The molecule has 0 saturated carbocycles. The van der Waals surface area contributed by atoms with Crippen LogP contribution in [-0.4, -0.2) is 43.9 Å². The quantitative estimate of drug-likeness (QED) is 0.200. The molecule has 6 nitrogen and oxygen atoms in total. The molecule has 0 rings (SSSR count). The molecular formula is C6H11ClN2O4. The van der Waals surface area contributed by atoms with E-state index in [0.717, 1.165) is 5.01 Å². The van der Waals surface area contributed by atoms with Crippen molar-refractivity contribution in [3.05, 3.63) is 4.91 Å². The monoisotopic (exact) mass is 210 g/mol. The van der Waals surface area contributed by atoms with Crippen LogP contribution in [0.15, 0.2) is 5.29 Å². The van der Waals surface area contributed by atoms with Gasteiger partial charge in [0.2, 0.25) is 0 Å². The van der Waals surface area contributed by atoms with E-state index in [2.05, 4.69) is 10.0 Å². The molecular weight excluding hydrogens is 200 g/mol. The standard InChI is InChI=1S/C6H11ClN2O4/c1-12-3-2-9(8-11)5-13-6(10)4-7/h2-5H2,1H3. The Morgan fingerprint density at radius 1 is 1.62 bits per heavy atom. The molecule has 0 aliphatic heterocycles. The lowest BCUT2D eigenvalue weighted by molar-refractivity contribution is -0.145. The summed E-state index contributed by atoms with van der Waals surface area (Å²) < 4.78 is 9.25. The van der Waals surface area contributed by atoms with Gasteiger partial charge in [-0.2, -0.15) is 0 Å². The summed E-state index contributed by atoms with van der Waals surface area (Å²) in [5.41, 5.74) is 0. The lowest BCUT2D eigenvalue weighted by Crippen LogP contribution is -2.26. The van der Waals surface area contributed by atoms with Crippen molar-refractivity contribution >= 4 is 17.6 Å². The van der Waals surface area contributed by atoms with E-state index in [0.29, 0.717) is 6.61 Å². The van der Waals surface area contributed by atoms with Gasteiger partial charge in [0, 0.05) is 7.11 Å². The Hall–Kier alpha value is -0.880. The van der Waals surface area contributed by atoms with Gasteiger partial charge in [0.1, 0.15) is 5.88 Å². The SMILES string of the molecule is COCCN(COC(=O)CCl)N=O. The summed E-state index contributed by atoms with van der Waals surface area (Å²) in [6.45, 7) is 0.415. The number of nitrogens with zero attached hydrogens (tertiary/aromatic N) is 2. The summed E-state index contributed by atoms with van der Waals surface area (Å²) in [4.78, 5) is 20.7. The van der Waals surface area contributed by atoms with Crippen LogP contribution in [-0.2, 0) is 14.3 Å². The van der Waals surface area contributed by atoms with Crippen LogP contribution in [0.1, 0.15) is 0 Å². The van der Waals surface area contributed by atoms with Gasteiger partial charge in [0.15, 0.2) is 6.73 Å². The minimum Gasteiger partial charge on any atom is -0.442 e. The molecule has 13 heavy (non-hydrogen) atoms. The first kappa shape index (κ1) is 12.1. The zero-order chi connectivity index (χ0) is 10.1. The Balaban J connectivity index is 3.58. The minimum atomic E-state index is -0.590. The van der Waals surface area contributed by atoms with E-state index in [-0.39, 0.29) is 19.2 Å². The first-order chi connectivity index (χ1) is 6.24. The fraction of sp³-hybridized carbons (Fsp3) is 0.833. The summed E-state index contributed by atoms with van der Waals surface area (Å²) in [5.74, 6) is -0.829. The van der Waals surface area contributed by atoms with Crippen molar-refractivity contribution in [1.82, 2.24) is 5.01 Å². The van der Waals surface area contributed by atoms with Gasteiger partial charge < -0.3 is 9.47 Å². The molecule has 76 valence electrons. The van der Waals surface area contributed by atoms with E-state index in [1.165, 1.54) is 7.11 Å². The van der Waals surface area contributed by atoms with Gasteiger partial charge in [0.05, 0.1) is 18.4 Å². The molecule has 0 atom stereocenters. The highest BCUT2D eigenvalue weighted by Gasteiger charge is 2.05. The summed E-state index contributed by atoms with van der Waals surface area (Å²) in [5, 5.41) is 3.64. The van der Waals surface area contributed by atoms with E-state index in [1.807, 2.05) is 0 Å². The molecule has 0 aromatic carbocycles. The van der Waals surface area contributed by atoms with Crippen molar-refractivity contribution in [3.8, 4) is 0 Å². The molecule has 0 fully saturated rings. The minimum absolute atomic E-state index is 0.196. The van der Waals surface area contributed by atoms with Gasteiger partial charge >= 0.3 is 5.97 Å². The van der Waals surface area contributed by atoms with Crippen LogP contribution in [0.4, 0.5) is 0 Å². The Kier molecular flexibility index (Phi) is 7.23. The van der Waals surface area contributed by atoms with Gasteiger partial charge in [-0.05, 0) is 0 Å². The maximum atomic E-state index is 10.6. The average Bonchev–Trinajstić information content (AvgIpc) is 2.17. The Morgan fingerprint density at radius 3 is 2.77 bits per heavy atom. The van der Waals surface area contributed by atoms with Crippen LogP contribution in [0.25, 0.3) is 0 Å². The van der Waals surface area contributed by atoms with Crippen LogP contribution in [0.3, 0.4) is 0 Å². The first-order valence-corrected chi connectivity index (χ1v) is 4.06. The molecule has 7 heteroatoms. The van der Waals surface area contributed by atoms with E-state index in [4.69, 9.17) is 16.3 Å². The molecule has 0 amide bonds. The van der Waals surface area contributed by atoms with Crippen LogP contribution in [0, 0.1) is 4.91 Å². The fourth-order valence-electron chi connectivity index (χ4n) is 0.511. The number of nitroso groups, excluding NO2 is 1. The second kappa shape index (κ2) is 7.75. The summed E-state index contributed by atoms with van der Waals surface area (Å²) in [6.07, 6.45) is 0. The highest BCUT2D eigenvalue weighted by Crippen LogP contribution is 1.91. The Labute approximate surface area is 80.7 Å². The summed E-state index contributed by atoms with van der Waals surface area (Å²) in [7, 11) is 1.49. The van der Waals surface area contributed by atoms with Crippen molar-refractivity contribution in [1.29, 1.82) is 0 Å². The fourth-order valence-corrected chi connectivity index (χ4v) is 0.588. The molecule has 0 aliphatic carbocycles. The summed E-state index contributed by atoms with van der Waals surface area (Å²) in [6, 6.07) is 0. The number of rotatable bonds is 7. The maximum Gasteiger partial charge on any atom is 0.322 e. The maximum absolute atomic E-state index is 10.6. The lowest BCUT2D eigenvalue weighted by atomic mass is 10.7. The lowest BCUT2D eigenvalue weighted by Gasteiger charge is -2.13.